The van der Waals surface area contributed by atoms with Crippen LogP contribution >= 0.6 is 0 Å². The molecule has 134 valence electrons. The molecule has 0 aliphatic carbocycles. The Morgan fingerprint density at radius 1 is 1.11 bits per heavy atom. The molecule has 0 saturated carbocycles. The predicted molar refractivity (Wildman–Crippen MR) is 107 cm³/mol. The zero-order chi connectivity index (χ0) is 19.1. The van der Waals surface area contributed by atoms with Crippen LogP contribution in [0.3, 0.4) is 0 Å². The molecular formula is C23H21N3O. The molecule has 1 aromatic heterocycles. The molecule has 0 fully saturated rings. The van der Waals surface area contributed by atoms with E-state index in [1.54, 1.807) is 6.20 Å². The minimum absolute atomic E-state index is 0.649. The van der Waals surface area contributed by atoms with E-state index in [2.05, 4.69) is 23.3 Å². The second-order valence-electron chi connectivity index (χ2n) is 6.36. The summed E-state index contributed by atoms with van der Waals surface area (Å²) < 4.78 is 0. The lowest BCUT2D eigenvalue weighted by atomic mass is 9.88. The van der Waals surface area contributed by atoms with Gasteiger partial charge < -0.3 is 5.32 Å². The molecule has 4 nitrogen and oxygen atoms in total. The Labute approximate surface area is 159 Å². The van der Waals surface area contributed by atoms with Crippen LogP contribution in [0, 0.1) is 11.3 Å². The van der Waals surface area contributed by atoms with Crippen molar-refractivity contribution in [3.63, 3.8) is 0 Å². The van der Waals surface area contributed by atoms with Gasteiger partial charge in [-0.15, -0.1) is 0 Å². The van der Waals surface area contributed by atoms with Crippen molar-refractivity contribution in [2.45, 2.75) is 26.2 Å². The fourth-order valence-electron chi connectivity index (χ4n) is 3.32. The maximum atomic E-state index is 11.1. The second-order valence-corrected chi connectivity index (χ2v) is 6.36. The Morgan fingerprint density at radius 2 is 1.93 bits per heavy atom. The van der Waals surface area contributed by atoms with E-state index in [1.165, 1.54) is 5.56 Å². The van der Waals surface area contributed by atoms with Crippen molar-refractivity contribution in [2.24, 2.45) is 0 Å². The summed E-state index contributed by atoms with van der Waals surface area (Å²) in [4.78, 5) is 15.3. The zero-order valence-electron chi connectivity index (χ0n) is 15.3. The molecule has 0 bridgehead atoms. The standard InChI is InChI=1S/C23H21N3O/c1-2-4-21-22(13-17-6-8-18(14-24)9-7-17)20(10-11-23(21)26-16-27)19-5-3-12-25-15-19/h3,5-12,15-16H,2,4,13H2,1H3,(H,26,27). The molecule has 1 amide bonds. The van der Waals surface area contributed by atoms with E-state index in [0.717, 1.165) is 53.6 Å². The van der Waals surface area contributed by atoms with Gasteiger partial charge in [-0.05, 0) is 59.4 Å². The highest BCUT2D eigenvalue weighted by atomic mass is 16.1. The van der Waals surface area contributed by atoms with Crippen LogP contribution in [0.2, 0.25) is 0 Å². The quantitative estimate of drug-likeness (QED) is 0.623. The third kappa shape index (κ3) is 4.21. The molecule has 0 saturated heterocycles. The van der Waals surface area contributed by atoms with E-state index < -0.39 is 0 Å². The predicted octanol–water partition coefficient (Wildman–Crippen LogP) is 4.73. The molecule has 3 rings (SSSR count). The number of amides is 1. The SMILES string of the molecule is CCCc1c(NC=O)ccc(-c2cccnc2)c1Cc1ccc(C#N)cc1. The molecule has 0 unspecified atom stereocenters. The monoisotopic (exact) mass is 355 g/mol. The van der Waals surface area contributed by atoms with Crippen molar-refractivity contribution in [1.29, 1.82) is 5.26 Å². The first kappa shape index (κ1) is 18.3. The Bertz CT molecular complexity index is 957. The van der Waals surface area contributed by atoms with Gasteiger partial charge in [-0.1, -0.05) is 37.6 Å². The number of rotatable bonds is 7. The van der Waals surface area contributed by atoms with Gasteiger partial charge in [-0.25, -0.2) is 0 Å². The zero-order valence-corrected chi connectivity index (χ0v) is 15.3. The molecule has 0 aliphatic rings. The summed E-state index contributed by atoms with van der Waals surface area (Å²) in [5.41, 5.74) is 7.12. The summed E-state index contributed by atoms with van der Waals surface area (Å²) in [7, 11) is 0. The molecule has 2 aromatic carbocycles. The van der Waals surface area contributed by atoms with Crippen LogP contribution in [0.5, 0.6) is 0 Å². The van der Waals surface area contributed by atoms with Crippen LogP contribution in [0.4, 0.5) is 5.69 Å². The number of hydrogen-bond donors (Lipinski definition) is 1. The largest absolute Gasteiger partial charge is 0.328 e. The lowest BCUT2D eigenvalue weighted by molar-refractivity contribution is -0.105. The van der Waals surface area contributed by atoms with Crippen LogP contribution in [0.25, 0.3) is 11.1 Å². The van der Waals surface area contributed by atoms with Crippen molar-refractivity contribution >= 4 is 12.1 Å². The lowest BCUT2D eigenvalue weighted by Gasteiger charge is -2.19. The maximum absolute atomic E-state index is 11.1. The number of benzene rings is 2. The van der Waals surface area contributed by atoms with Crippen LogP contribution in [0.1, 0.15) is 35.6 Å². The van der Waals surface area contributed by atoms with Crippen LogP contribution in [0.15, 0.2) is 60.9 Å². The number of hydrogen-bond acceptors (Lipinski definition) is 3. The van der Waals surface area contributed by atoms with Crippen molar-refractivity contribution in [1.82, 2.24) is 4.98 Å². The summed E-state index contributed by atoms with van der Waals surface area (Å²) in [6.07, 6.45) is 6.92. The molecule has 1 N–H and O–H groups in total. The molecule has 0 atom stereocenters. The Balaban J connectivity index is 2.14. The molecule has 27 heavy (non-hydrogen) atoms. The number of nitriles is 1. The van der Waals surface area contributed by atoms with Crippen molar-refractivity contribution in [2.75, 3.05) is 5.32 Å². The minimum Gasteiger partial charge on any atom is -0.328 e. The number of aromatic nitrogens is 1. The summed E-state index contributed by atoms with van der Waals surface area (Å²) in [6.45, 7) is 2.13. The van der Waals surface area contributed by atoms with Gasteiger partial charge in [-0.2, -0.15) is 5.26 Å². The molecule has 1 heterocycles. The van der Waals surface area contributed by atoms with Gasteiger partial charge in [-0.3, -0.25) is 9.78 Å². The highest BCUT2D eigenvalue weighted by molar-refractivity contribution is 5.79. The van der Waals surface area contributed by atoms with Crippen LogP contribution in [-0.2, 0) is 17.6 Å². The summed E-state index contributed by atoms with van der Waals surface area (Å²) in [5.74, 6) is 0. The first-order valence-corrected chi connectivity index (χ1v) is 9.01. The fourth-order valence-corrected chi connectivity index (χ4v) is 3.32. The minimum atomic E-state index is 0.649. The van der Waals surface area contributed by atoms with Gasteiger partial charge in [0.15, 0.2) is 0 Å². The number of nitrogens with one attached hydrogen (secondary N) is 1. The van der Waals surface area contributed by atoms with Gasteiger partial charge in [0.25, 0.3) is 0 Å². The number of anilines is 1. The second kappa shape index (κ2) is 8.77. The van der Waals surface area contributed by atoms with Gasteiger partial charge in [0, 0.05) is 23.6 Å². The average molecular weight is 355 g/mol. The van der Waals surface area contributed by atoms with Crippen LogP contribution < -0.4 is 5.32 Å². The smallest absolute Gasteiger partial charge is 0.211 e. The number of carbonyl (C=O) groups excluding carboxylic acids is 1. The highest BCUT2D eigenvalue weighted by Crippen LogP contribution is 2.33. The Kier molecular flexibility index (Phi) is 5.96. The Hall–Kier alpha value is -3.45. The van der Waals surface area contributed by atoms with Crippen molar-refractivity contribution < 1.29 is 4.79 Å². The third-order valence-electron chi connectivity index (χ3n) is 4.58. The molecular weight excluding hydrogens is 334 g/mol. The van der Waals surface area contributed by atoms with E-state index in [9.17, 15) is 4.79 Å². The van der Waals surface area contributed by atoms with Gasteiger partial charge >= 0.3 is 0 Å². The molecule has 0 spiro atoms. The van der Waals surface area contributed by atoms with Gasteiger partial charge in [0.2, 0.25) is 6.41 Å². The molecule has 3 aromatic rings. The summed E-state index contributed by atoms with van der Waals surface area (Å²) in [6, 6.07) is 17.8. The highest BCUT2D eigenvalue weighted by Gasteiger charge is 2.15. The van der Waals surface area contributed by atoms with E-state index in [1.807, 2.05) is 54.7 Å². The third-order valence-corrected chi connectivity index (χ3v) is 4.58. The van der Waals surface area contributed by atoms with E-state index in [0.29, 0.717) is 5.56 Å². The first-order chi connectivity index (χ1) is 13.3. The van der Waals surface area contributed by atoms with Crippen molar-refractivity contribution in [3.05, 3.63) is 83.2 Å². The van der Waals surface area contributed by atoms with Crippen LogP contribution in [-0.4, -0.2) is 11.4 Å². The molecule has 0 radical (unpaired) electrons. The normalized spacial score (nSPS) is 10.2. The average Bonchev–Trinajstić information content (AvgIpc) is 2.72. The number of carbonyl (C=O) groups is 1. The Morgan fingerprint density at radius 3 is 2.56 bits per heavy atom. The summed E-state index contributed by atoms with van der Waals surface area (Å²) in [5, 5.41) is 11.9. The number of pyridine rings is 1. The van der Waals surface area contributed by atoms with Gasteiger partial charge in [0.05, 0.1) is 11.6 Å². The first-order valence-electron chi connectivity index (χ1n) is 9.01. The van der Waals surface area contributed by atoms with E-state index in [-0.39, 0.29) is 0 Å². The maximum Gasteiger partial charge on any atom is 0.211 e. The summed E-state index contributed by atoms with van der Waals surface area (Å²) >= 11 is 0. The molecule has 4 heteroatoms. The van der Waals surface area contributed by atoms with E-state index >= 15 is 0 Å². The fraction of sp³-hybridized carbons (Fsp3) is 0.174. The van der Waals surface area contributed by atoms with Crippen molar-refractivity contribution in [3.8, 4) is 17.2 Å². The lowest BCUT2D eigenvalue weighted by Crippen LogP contribution is -2.06. The number of nitrogens with zero attached hydrogens (tertiary/aromatic N) is 2. The molecule has 0 aliphatic heterocycles. The van der Waals surface area contributed by atoms with Gasteiger partial charge in [0.1, 0.15) is 0 Å². The topological polar surface area (TPSA) is 65.8 Å². The van der Waals surface area contributed by atoms with E-state index in [4.69, 9.17) is 5.26 Å².